The van der Waals surface area contributed by atoms with Crippen LogP contribution in [0.3, 0.4) is 0 Å². The molecule has 0 unspecified atom stereocenters. The molecular formula is C16H20N2O2. The Morgan fingerprint density at radius 3 is 2.85 bits per heavy atom. The summed E-state index contributed by atoms with van der Waals surface area (Å²) < 4.78 is 2.16. The zero-order valence-corrected chi connectivity index (χ0v) is 11.8. The van der Waals surface area contributed by atoms with E-state index in [-0.39, 0.29) is 0 Å². The van der Waals surface area contributed by atoms with Gasteiger partial charge in [0.1, 0.15) is 5.82 Å². The summed E-state index contributed by atoms with van der Waals surface area (Å²) >= 11 is 0. The van der Waals surface area contributed by atoms with Crippen LogP contribution in [0.5, 0.6) is 0 Å². The number of carboxylic acid groups (broad SMARTS) is 1. The van der Waals surface area contributed by atoms with Crippen LogP contribution in [0.15, 0.2) is 18.2 Å². The maximum Gasteiger partial charge on any atom is 0.337 e. The first kappa shape index (κ1) is 13.2. The molecule has 1 aliphatic rings. The molecule has 1 saturated carbocycles. The van der Waals surface area contributed by atoms with Crippen LogP contribution in [0.1, 0.15) is 61.1 Å². The number of aromatic carboxylic acids is 1. The molecule has 3 rings (SSSR count). The summed E-state index contributed by atoms with van der Waals surface area (Å²) in [5.74, 6) is 0.755. The number of carboxylic acids is 1. The van der Waals surface area contributed by atoms with Gasteiger partial charge in [-0.25, -0.2) is 9.78 Å². The molecule has 106 valence electrons. The van der Waals surface area contributed by atoms with Crippen molar-refractivity contribution in [1.82, 2.24) is 9.55 Å². The van der Waals surface area contributed by atoms with Crippen LogP contribution in [-0.2, 0) is 6.54 Å². The zero-order valence-electron chi connectivity index (χ0n) is 11.8. The number of imidazole rings is 1. The van der Waals surface area contributed by atoms with Gasteiger partial charge >= 0.3 is 5.97 Å². The topological polar surface area (TPSA) is 55.1 Å². The van der Waals surface area contributed by atoms with E-state index in [9.17, 15) is 9.90 Å². The number of nitrogens with zero attached hydrogens (tertiary/aromatic N) is 2. The second-order valence-electron chi connectivity index (χ2n) is 5.58. The monoisotopic (exact) mass is 272 g/mol. The van der Waals surface area contributed by atoms with E-state index in [0.29, 0.717) is 11.5 Å². The van der Waals surface area contributed by atoms with Gasteiger partial charge in [-0.3, -0.25) is 0 Å². The quantitative estimate of drug-likeness (QED) is 0.814. The number of aryl methyl sites for hydroxylation is 1. The number of carbonyl (C=O) groups is 1. The number of benzene rings is 1. The van der Waals surface area contributed by atoms with Crippen molar-refractivity contribution < 1.29 is 9.90 Å². The van der Waals surface area contributed by atoms with Crippen LogP contribution in [-0.4, -0.2) is 20.6 Å². The second kappa shape index (κ2) is 5.27. The third-order valence-electron chi connectivity index (χ3n) is 3.95. The summed E-state index contributed by atoms with van der Waals surface area (Å²) in [5.41, 5.74) is 2.00. The average molecular weight is 272 g/mol. The number of rotatable bonds is 6. The van der Waals surface area contributed by atoms with Gasteiger partial charge in [-0.15, -0.1) is 0 Å². The molecular weight excluding hydrogens is 252 g/mol. The summed E-state index contributed by atoms with van der Waals surface area (Å²) in [6.45, 7) is 3.05. The van der Waals surface area contributed by atoms with Crippen molar-refractivity contribution in [2.75, 3.05) is 0 Å². The average Bonchev–Trinajstić information content (AvgIpc) is 3.21. The van der Waals surface area contributed by atoms with Crippen molar-refractivity contribution in [3.05, 3.63) is 29.6 Å². The summed E-state index contributed by atoms with van der Waals surface area (Å²) in [6, 6.07) is 5.38. The van der Waals surface area contributed by atoms with Gasteiger partial charge < -0.3 is 9.67 Å². The van der Waals surface area contributed by atoms with E-state index >= 15 is 0 Å². The largest absolute Gasteiger partial charge is 0.478 e. The molecule has 2 aromatic rings. The van der Waals surface area contributed by atoms with Gasteiger partial charge in [-0.2, -0.15) is 0 Å². The number of aromatic nitrogens is 2. The Bertz CT molecular complexity index is 641. The van der Waals surface area contributed by atoms with Gasteiger partial charge in [0.25, 0.3) is 0 Å². The van der Waals surface area contributed by atoms with Gasteiger partial charge in [0.05, 0.1) is 16.6 Å². The Morgan fingerprint density at radius 2 is 2.20 bits per heavy atom. The Labute approximate surface area is 118 Å². The summed E-state index contributed by atoms with van der Waals surface area (Å²) in [6.07, 6.45) is 5.77. The molecule has 4 nitrogen and oxygen atoms in total. The molecule has 0 bridgehead atoms. The van der Waals surface area contributed by atoms with Gasteiger partial charge in [0.15, 0.2) is 0 Å². The molecule has 0 radical (unpaired) electrons. The second-order valence-corrected chi connectivity index (χ2v) is 5.58. The van der Waals surface area contributed by atoms with Crippen LogP contribution < -0.4 is 0 Å². The lowest BCUT2D eigenvalue weighted by atomic mass is 10.1. The lowest BCUT2D eigenvalue weighted by Crippen LogP contribution is -2.07. The highest BCUT2D eigenvalue weighted by Crippen LogP contribution is 2.41. The Hall–Kier alpha value is -1.84. The smallest absolute Gasteiger partial charge is 0.337 e. The van der Waals surface area contributed by atoms with E-state index in [0.717, 1.165) is 36.2 Å². The van der Waals surface area contributed by atoms with E-state index in [4.69, 9.17) is 4.98 Å². The third-order valence-corrected chi connectivity index (χ3v) is 3.95. The van der Waals surface area contributed by atoms with Gasteiger partial charge in [0.2, 0.25) is 0 Å². The van der Waals surface area contributed by atoms with Gasteiger partial charge in [0, 0.05) is 12.5 Å². The SMILES string of the molecule is CCCCCn1c(C2CC2)nc2cccc(C(=O)O)c21. The van der Waals surface area contributed by atoms with Crippen LogP contribution in [0.2, 0.25) is 0 Å². The van der Waals surface area contributed by atoms with Crippen LogP contribution >= 0.6 is 0 Å². The molecule has 0 spiro atoms. The molecule has 20 heavy (non-hydrogen) atoms. The number of fused-ring (bicyclic) bond motifs is 1. The predicted octanol–water partition coefficient (Wildman–Crippen LogP) is 3.80. The molecule has 1 N–H and O–H groups in total. The fourth-order valence-corrected chi connectivity index (χ4v) is 2.78. The van der Waals surface area contributed by atoms with E-state index in [1.807, 2.05) is 6.07 Å². The molecule has 1 aromatic carbocycles. The molecule has 0 aliphatic heterocycles. The van der Waals surface area contributed by atoms with Crippen molar-refractivity contribution in [2.45, 2.75) is 51.5 Å². The number of para-hydroxylation sites is 1. The molecule has 0 atom stereocenters. The highest BCUT2D eigenvalue weighted by molar-refractivity contribution is 6.01. The van der Waals surface area contributed by atoms with Gasteiger partial charge in [-0.05, 0) is 31.4 Å². The van der Waals surface area contributed by atoms with Crippen molar-refractivity contribution in [3.63, 3.8) is 0 Å². The van der Waals surface area contributed by atoms with E-state index < -0.39 is 5.97 Å². The minimum atomic E-state index is -0.866. The first-order valence-electron chi connectivity index (χ1n) is 7.44. The lowest BCUT2D eigenvalue weighted by Gasteiger charge is -2.09. The predicted molar refractivity (Wildman–Crippen MR) is 78.2 cm³/mol. The highest BCUT2D eigenvalue weighted by Gasteiger charge is 2.30. The van der Waals surface area contributed by atoms with Crippen molar-refractivity contribution in [3.8, 4) is 0 Å². The van der Waals surface area contributed by atoms with Crippen LogP contribution in [0.4, 0.5) is 0 Å². The van der Waals surface area contributed by atoms with Gasteiger partial charge in [-0.1, -0.05) is 25.8 Å². The normalized spacial score (nSPS) is 14.8. The first-order chi connectivity index (χ1) is 9.72. The molecule has 1 fully saturated rings. The number of unbranched alkanes of at least 4 members (excludes halogenated alkanes) is 2. The highest BCUT2D eigenvalue weighted by atomic mass is 16.4. The molecule has 0 saturated heterocycles. The van der Waals surface area contributed by atoms with Crippen LogP contribution in [0.25, 0.3) is 11.0 Å². The Balaban J connectivity index is 2.10. The van der Waals surface area contributed by atoms with Crippen molar-refractivity contribution >= 4 is 17.0 Å². The number of hydrogen-bond acceptors (Lipinski definition) is 2. The van der Waals surface area contributed by atoms with E-state index in [1.165, 1.54) is 19.3 Å². The summed E-state index contributed by atoms with van der Waals surface area (Å²) in [4.78, 5) is 16.1. The maximum absolute atomic E-state index is 11.5. The van der Waals surface area contributed by atoms with E-state index in [1.54, 1.807) is 12.1 Å². The summed E-state index contributed by atoms with van der Waals surface area (Å²) in [5, 5.41) is 9.40. The molecule has 4 heteroatoms. The third kappa shape index (κ3) is 2.30. The minimum absolute atomic E-state index is 0.374. The summed E-state index contributed by atoms with van der Waals surface area (Å²) in [7, 11) is 0. The minimum Gasteiger partial charge on any atom is -0.478 e. The molecule has 1 heterocycles. The lowest BCUT2D eigenvalue weighted by molar-refractivity contribution is 0.0698. The standard InChI is InChI=1S/C16H20N2O2/c1-2-3-4-10-18-14-12(16(19)20)6-5-7-13(14)17-15(18)11-8-9-11/h5-7,11H,2-4,8-10H2,1H3,(H,19,20). The first-order valence-corrected chi connectivity index (χ1v) is 7.44. The number of hydrogen-bond donors (Lipinski definition) is 1. The molecule has 1 aliphatic carbocycles. The fourth-order valence-electron chi connectivity index (χ4n) is 2.78. The Kier molecular flexibility index (Phi) is 3.47. The van der Waals surface area contributed by atoms with E-state index in [2.05, 4.69) is 11.5 Å². The fraction of sp³-hybridized carbons (Fsp3) is 0.500. The Morgan fingerprint density at radius 1 is 1.40 bits per heavy atom. The maximum atomic E-state index is 11.5. The molecule has 1 aromatic heterocycles. The van der Waals surface area contributed by atoms with Crippen molar-refractivity contribution in [2.24, 2.45) is 0 Å². The molecule has 0 amide bonds. The van der Waals surface area contributed by atoms with Crippen molar-refractivity contribution in [1.29, 1.82) is 0 Å². The zero-order chi connectivity index (χ0) is 14.1. The van der Waals surface area contributed by atoms with Crippen LogP contribution in [0, 0.1) is 0 Å².